The van der Waals surface area contributed by atoms with Crippen LogP contribution in [0.2, 0.25) is 0 Å². The number of anilines is 1. The fraction of sp³-hybridized carbons (Fsp3) is 0.261. The van der Waals surface area contributed by atoms with Crippen molar-refractivity contribution < 1.29 is 9.53 Å². The molecule has 1 fully saturated rings. The van der Waals surface area contributed by atoms with E-state index in [1.165, 1.54) is 0 Å². The lowest BCUT2D eigenvalue weighted by molar-refractivity contribution is 0.0767. The first-order valence-corrected chi connectivity index (χ1v) is 9.92. The number of benzene rings is 2. The number of amides is 1. The molecule has 1 aliphatic rings. The molecule has 7 heteroatoms. The van der Waals surface area contributed by atoms with Gasteiger partial charge in [-0.05, 0) is 60.5 Å². The molecule has 2 aromatic carbocycles. The SMILES string of the molecule is COc1ccc(-c2cc(N3CCCN(C(=O)c4ccc(C#N)cc4)CC3)n[nH]2)cc1. The van der Waals surface area contributed by atoms with Crippen LogP contribution in [-0.2, 0) is 0 Å². The topological polar surface area (TPSA) is 85.2 Å². The minimum absolute atomic E-state index is 0.00212. The van der Waals surface area contributed by atoms with Crippen LogP contribution in [0.25, 0.3) is 11.3 Å². The molecule has 4 rings (SSSR count). The van der Waals surface area contributed by atoms with Crippen LogP contribution in [0.4, 0.5) is 5.82 Å². The molecular formula is C23H23N5O2. The zero-order valence-electron chi connectivity index (χ0n) is 16.8. The van der Waals surface area contributed by atoms with Crippen LogP contribution >= 0.6 is 0 Å². The largest absolute Gasteiger partial charge is 0.497 e. The Morgan fingerprint density at radius 1 is 1.07 bits per heavy atom. The Kier molecular flexibility index (Phi) is 5.66. The lowest BCUT2D eigenvalue weighted by atomic mass is 10.1. The van der Waals surface area contributed by atoms with Crippen molar-refractivity contribution in [2.75, 3.05) is 38.2 Å². The summed E-state index contributed by atoms with van der Waals surface area (Å²) in [5, 5.41) is 16.5. The molecule has 1 N–H and O–H groups in total. The summed E-state index contributed by atoms with van der Waals surface area (Å²) in [5.41, 5.74) is 3.16. The molecule has 0 bridgehead atoms. The van der Waals surface area contributed by atoms with Gasteiger partial charge in [0, 0.05) is 37.8 Å². The smallest absolute Gasteiger partial charge is 0.253 e. The van der Waals surface area contributed by atoms with Gasteiger partial charge in [0.15, 0.2) is 5.82 Å². The third-order valence-corrected chi connectivity index (χ3v) is 5.33. The molecule has 3 aromatic rings. The lowest BCUT2D eigenvalue weighted by Gasteiger charge is -2.22. The number of methoxy groups -OCH3 is 1. The van der Waals surface area contributed by atoms with E-state index in [0.29, 0.717) is 24.2 Å². The summed E-state index contributed by atoms with van der Waals surface area (Å²) in [6, 6.07) is 18.8. The van der Waals surface area contributed by atoms with Gasteiger partial charge in [-0.25, -0.2) is 0 Å². The first kappa shape index (κ1) is 19.5. The van der Waals surface area contributed by atoms with Crippen molar-refractivity contribution in [1.29, 1.82) is 5.26 Å². The van der Waals surface area contributed by atoms with Crippen LogP contribution in [0.1, 0.15) is 22.3 Å². The summed E-state index contributed by atoms with van der Waals surface area (Å²) >= 11 is 0. The van der Waals surface area contributed by atoms with Crippen molar-refractivity contribution in [3.63, 3.8) is 0 Å². The summed E-state index contributed by atoms with van der Waals surface area (Å²) < 4.78 is 5.21. The molecule has 2 heterocycles. The zero-order valence-corrected chi connectivity index (χ0v) is 16.8. The second-order valence-corrected chi connectivity index (χ2v) is 7.19. The third-order valence-electron chi connectivity index (χ3n) is 5.33. The molecule has 0 unspecified atom stereocenters. The molecule has 0 spiro atoms. The van der Waals surface area contributed by atoms with Gasteiger partial charge in [-0.15, -0.1) is 0 Å². The molecule has 0 atom stereocenters. The molecule has 30 heavy (non-hydrogen) atoms. The third kappa shape index (κ3) is 4.13. The molecule has 1 amide bonds. The Morgan fingerprint density at radius 2 is 1.83 bits per heavy atom. The molecule has 0 saturated carbocycles. The monoisotopic (exact) mass is 401 g/mol. The van der Waals surface area contributed by atoms with Crippen LogP contribution in [0.3, 0.4) is 0 Å². The van der Waals surface area contributed by atoms with Crippen LogP contribution < -0.4 is 9.64 Å². The minimum Gasteiger partial charge on any atom is -0.497 e. The van der Waals surface area contributed by atoms with Crippen molar-refractivity contribution >= 4 is 11.7 Å². The average Bonchev–Trinajstić information content (AvgIpc) is 3.17. The van der Waals surface area contributed by atoms with Gasteiger partial charge < -0.3 is 14.5 Å². The highest BCUT2D eigenvalue weighted by Gasteiger charge is 2.21. The summed E-state index contributed by atoms with van der Waals surface area (Å²) in [5.74, 6) is 1.70. The van der Waals surface area contributed by atoms with E-state index in [9.17, 15) is 4.79 Å². The van der Waals surface area contributed by atoms with Crippen LogP contribution in [0, 0.1) is 11.3 Å². The predicted molar refractivity (Wildman–Crippen MR) is 114 cm³/mol. The Morgan fingerprint density at radius 3 is 2.53 bits per heavy atom. The Hall–Kier alpha value is -3.79. The van der Waals surface area contributed by atoms with E-state index in [-0.39, 0.29) is 5.91 Å². The van der Waals surface area contributed by atoms with Gasteiger partial charge in [0.05, 0.1) is 24.4 Å². The second-order valence-electron chi connectivity index (χ2n) is 7.19. The van der Waals surface area contributed by atoms with Crippen molar-refractivity contribution in [2.24, 2.45) is 0 Å². The number of carbonyl (C=O) groups excluding carboxylic acids is 1. The van der Waals surface area contributed by atoms with Crippen LogP contribution in [0.15, 0.2) is 54.6 Å². The quantitative estimate of drug-likeness (QED) is 0.725. The van der Waals surface area contributed by atoms with Crippen molar-refractivity contribution in [3.05, 3.63) is 65.7 Å². The molecule has 1 aromatic heterocycles. The van der Waals surface area contributed by atoms with Crippen LogP contribution in [-0.4, -0.2) is 54.3 Å². The number of H-pyrrole nitrogens is 1. The number of aromatic nitrogens is 2. The predicted octanol–water partition coefficient (Wildman–Crippen LogP) is 3.31. The van der Waals surface area contributed by atoms with Gasteiger partial charge in [0.2, 0.25) is 0 Å². The number of aromatic amines is 1. The minimum atomic E-state index is 0.00212. The summed E-state index contributed by atoms with van der Waals surface area (Å²) in [4.78, 5) is 16.9. The van der Waals surface area contributed by atoms with Gasteiger partial charge in [0.25, 0.3) is 5.91 Å². The Balaban J connectivity index is 1.42. The molecule has 152 valence electrons. The van der Waals surface area contributed by atoms with E-state index in [1.807, 2.05) is 35.2 Å². The number of hydrogen-bond acceptors (Lipinski definition) is 5. The Bertz CT molecular complexity index is 1050. The number of nitriles is 1. The van der Waals surface area contributed by atoms with E-state index in [2.05, 4.69) is 21.2 Å². The fourth-order valence-corrected chi connectivity index (χ4v) is 3.61. The maximum Gasteiger partial charge on any atom is 0.253 e. The van der Waals surface area contributed by atoms with Crippen molar-refractivity contribution in [1.82, 2.24) is 15.1 Å². The average molecular weight is 401 g/mol. The van der Waals surface area contributed by atoms with E-state index in [0.717, 1.165) is 42.3 Å². The number of rotatable bonds is 4. The second kappa shape index (κ2) is 8.70. The van der Waals surface area contributed by atoms with Gasteiger partial charge >= 0.3 is 0 Å². The maximum absolute atomic E-state index is 12.8. The number of nitrogens with one attached hydrogen (secondary N) is 1. The van der Waals surface area contributed by atoms with E-state index in [4.69, 9.17) is 10.00 Å². The lowest BCUT2D eigenvalue weighted by Crippen LogP contribution is -2.35. The highest BCUT2D eigenvalue weighted by Crippen LogP contribution is 2.25. The van der Waals surface area contributed by atoms with Crippen molar-refractivity contribution in [2.45, 2.75) is 6.42 Å². The molecule has 1 aliphatic heterocycles. The van der Waals surface area contributed by atoms with E-state index < -0.39 is 0 Å². The highest BCUT2D eigenvalue weighted by molar-refractivity contribution is 5.94. The Labute approximate surface area is 175 Å². The molecule has 1 saturated heterocycles. The first-order chi connectivity index (χ1) is 14.7. The molecular weight excluding hydrogens is 378 g/mol. The van der Waals surface area contributed by atoms with Gasteiger partial charge in [-0.1, -0.05) is 0 Å². The molecule has 0 aliphatic carbocycles. The maximum atomic E-state index is 12.8. The van der Waals surface area contributed by atoms with E-state index >= 15 is 0 Å². The summed E-state index contributed by atoms with van der Waals surface area (Å²) in [6.07, 6.45) is 0.868. The zero-order chi connectivity index (χ0) is 20.9. The fourth-order valence-electron chi connectivity index (χ4n) is 3.61. The number of hydrogen-bond donors (Lipinski definition) is 1. The van der Waals surface area contributed by atoms with E-state index in [1.54, 1.807) is 31.4 Å². The molecule has 7 nitrogen and oxygen atoms in total. The highest BCUT2D eigenvalue weighted by atomic mass is 16.5. The molecule has 0 radical (unpaired) electrons. The van der Waals surface area contributed by atoms with Gasteiger partial charge in [0.1, 0.15) is 5.75 Å². The first-order valence-electron chi connectivity index (χ1n) is 9.92. The number of ether oxygens (including phenoxy) is 1. The summed E-state index contributed by atoms with van der Waals surface area (Å²) in [7, 11) is 1.65. The van der Waals surface area contributed by atoms with Gasteiger partial charge in [-0.3, -0.25) is 9.89 Å². The van der Waals surface area contributed by atoms with Crippen molar-refractivity contribution in [3.8, 4) is 23.1 Å². The summed E-state index contributed by atoms with van der Waals surface area (Å²) in [6.45, 7) is 2.88. The standard InChI is InChI=1S/C23H23N5O2/c1-30-20-9-7-18(8-10-20)21-15-22(26-25-21)27-11-2-12-28(14-13-27)23(29)19-5-3-17(16-24)4-6-19/h3-10,15H,2,11-14H2,1H3,(H,25,26). The normalized spacial score (nSPS) is 14.1. The van der Waals surface area contributed by atoms with Gasteiger partial charge in [-0.2, -0.15) is 10.4 Å². The number of nitrogens with zero attached hydrogens (tertiary/aromatic N) is 4. The number of carbonyl (C=O) groups is 1. The van der Waals surface area contributed by atoms with Crippen LogP contribution in [0.5, 0.6) is 5.75 Å².